The van der Waals surface area contributed by atoms with Gasteiger partial charge in [-0.05, 0) is 25.1 Å². The molecule has 0 aliphatic heterocycles. The van der Waals surface area contributed by atoms with Crippen molar-refractivity contribution >= 4 is 33.3 Å². The van der Waals surface area contributed by atoms with Crippen molar-refractivity contribution in [2.45, 2.75) is 6.92 Å². The van der Waals surface area contributed by atoms with Crippen LogP contribution in [0.5, 0.6) is 5.75 Å². The topological polar surface area (TPSA) is 73.1 Å². The monoisotopic (exact) mass is 308 g/mol. The van der Waals surface area contributed by atoms with Gasteiger partial charge in [-0.1, -0.05) is 15.9 Å². The summed E-state index contributed by atoms with van der Waals surface area (Å²) in [5, 5.41) is 3.16. The average Bonchev–Trinajstić information content (AvgIpc) is 2.27. The third-order valence-electron chi connectivity index (χ3n) is 2.28. The van der Waals surface area contributed by atoms with Crippen LogP contribution in [-0.2, 0) is 0 Å². The summed E-state index contributed by atoms with van der Waals surface area (Å²) in [6.45, 7) is 1.79. The molecule has 2 aromatic rings. The molecule has 0 saturated carbocycles. The van der Waals surface area contributed by atoms with E-state index >= 15 is 0 Å². The summed E-state index contributed by atoms with van der Waals surface area (Å²) in [4.78, 5) is 8.28. The standard InChI is InChI=1S/C12H13BrN4O/c1-7-15-11(14)6-12(16-7)17-9-5-8(13)3-4-10(9)18-2/h3-6H,1-2H3,(H3,14,15,16,17). The molecule has 94 valence electrons. The van der Waals surface area contributed by atoms with Crippen molar-refractivity contribution in [2.24, 2.45) is 0 Å². The van der Waals surface area contributed by atoms with Gasteiger partial charge in [0.15, 0.2) is 0 Å². The minimum absolute atomic E-state index is 0.430. The van der Waals surface area contributed by atoms with Crippen LogP contribution in [0.2, 0.25) is 0 Å². The minimum atomic E-state index is 0.430. The summed E-state index contributed by atoms with van der Waals surface area (Å²) in [6.07, 6.45) is 0. The molecule has 18 heavy (non-hydrogen) atoms. The second kappa shape index (κ2) is 5.22. The number of nitrogen functional groups attached to an aromatic ring is 1. The van der Waals surface area contributed by atoms with Gasteiger partial charge in [0.2, 0.25) is 0 Å². The first kappa shape index (κ1) is 12.6. The predicted molar refractivity (Wildman–Crippen MR) is 75.2 cm³/mol. The molecule has 0 bridgehead atoms. The number of nitrogens with zero attached hydrogens (tertiary/aromatic N) is 2. The van der Waals surface area contributed by atoms with Crippen LogP contribution in [0.3, 0.4) is 0 Å². The summed E-state index contributed by atoms with van der Waals surface area (Å²) in [6, 6.07) is 7.35. The fourth-order valence-electron chi connectivity index (χ4n) is 1.57. The molecule has 0 aliphatic rings. The van der Waals surface area contributed by atoms with Crippen LogP contribution >= 0.6 is 15.9 Å². The molecule has 0 saturated heterocycles. The fourth-order valence-corrected chi connectivity index (χ4v) is 1.93. The second-order valence-corrected chi connectivity index (χ2v) is 4.61. The summed E-state index contributed by atoms with van der Waals surface area (Å²) >= 11 is 3.41. The molecule has 0 fully saturated rings. The smallest absolute Gasteiger partial charge is 0.142 e. The van der Waals surface area contributed by atoms with E-state index < -0.39 is 0 Å². The molecular weight excluding hydrogens is 296 g/mol. The summed E-state index contributed by atoms with van der Waals surface area (Å²) in [5.41, 5.74) is 6.49. The van der Waals surface area contributed by atoms with Gasteiger partial charge in [0.25, 0.3) is 0 Å². The first-order valence-corrected chi connectivity index (χ1v) is 6.09. The van der Waals surface area contributed by atoms with Crippen LogP contribution in [0.1, 0.15) is 5.82 Å². The molecule has 0 unspecified atom stereocenters. The Hall–Kier alpha value is -1.82. The highest BCUT2D eigenvalue weighted by atomic mass is 79.9. The van der Waals surface area contributed by atoms with Crippen molar-refractivity contribution in [1.29, 1.82) is 0 Å². The van der Waals surface area contributed by atoms with Crippen molar-refractivity contribution < 1.29 is 4.74 Å². The Labute approximate surface area is 114 Å². The van der Waals surface area contributed by atoms with Gasteiger partial charge in [-0.3, -0.25) is 0 Å². The Bertz CT molecular complexity index is 554. The summed E-state index contributed by atoms with van der Waals surface area (Å²) < 4.78 is 6.22. The lowest BCUT2D eigenvalue weighted by molar-refractivity contribution is 0.416. The van der Waals surface area contributed by atoms with Gasteiger partial charge in [-0.25, -0.2) is 9.97 Å². The number of ether oxygens (including phenoxy) is 1. The van der Waals surface area contributed by atoms with Crippen molar-refractivity contribution in [2.75, 3.05) is 18.2 Å². The number of benzene rings is 1. The first-order valence-electron chi connectivity index (χ1n) is 5.30. The lowest BCUT2D eigenvalue weighted by atomic mass is 10.3. The minimum Gasteiger partial charge on any atom is -0.495 e. The lowest BCUT2D eigenvalue weighted by Gasteiger charge is -2.11. The third kappa shape index (κ3) is 2.89. The molecular formula is C12H13BrN4O. The number of nitrogens with one attached hydrogen (secondary N) is 1. The molecule has 0 radical (unpaired) electrons. The first-order chi connectivity index (χ1) is 8.58. The molecule has 1 aromatic heterocycles. The van der Waals surface area contributed by atoms with E-state index in [9.17, 15) is 0 Å². The van der Waals surface area contributed by atoms with Gasteiger partial charge >= 0.3 is 0 Å². The normalized spacial score (nSPS) is 10.2. The van der Waals surface area contributed by atoms with E-state index in [-0.39, 0.29) is 0 Å². The SMILES string of the molecule is COc1ccc(Br)cc1Nc1cc(N)nc(C)n1. The van der Waals surface area contributed by atoms with Crippen molar-refractivity contribution in [3.05, 3.63) is 34.6 Å². The molecule has 1 aromatic carbocycles. The number of hydrogen-bond donors (Lipinski definition) is 2. The van der Waals surface area contributed by atoms with E-state index in [4.69, 9.17) is 10.5 Å². The molecule has 3 N–H and O–H groups in total. The van der Waals surface area contributed by atoms with Gasteiger partial charge in [0.05, 0.1) is 12.8 Å². The van der Waals surface area contributed by atoms with E-state index in [1.165, 1.54) is 0 Å². The number of anilines is 3. The van der Waals surface area contributed by atoms with Crippen LogP contribution in [-0.4, -0.2) is 17.1 Å². The zero-order valence-corrected chi connectivity index (χ0v) is 11.7. The number of halogens is 1. The highest BCUT2D eigenvalue weighted by Crippen LogP contribution is 2.30. The molecule has 0 aliphatic carbocycles. The largest absolute Gasteiger partial charge is 0.495 e. The molecule has 0 atom stereocenters. The molecule has 0 amide bonds. The van der Waals surface area contributed by atoms with E-state index in [1.807, 2.05) is 18.2 Å². The van der Waals surface area contributed by atoms with Crippen LogP contribution in [0.4, 0.5) is 17.3 Å². The quantitative estimate of drug-likeness (QED) is 0.912. The Morgan fingerprint density at radius 1 is 1.28 bits per heavy atom. The zero-order valence-electron chi connectivity index (χ0n) is 10.1. The number of aromatic nitrogens is 2. The average molecular weight is 309 g/mol. The van der Waals surface area contributed by atoms with E-state index in [0.717, 1.165) is 15.9 Å². The maximum atomic E-state index is 5.68. The Balaban J connectivity index is 2.35. The highest BCUT2D eigenvalue weighted by Gasteiger charge is 2.06. The molecule has 0 spiro atoms. The Kier molecular flexibility index (Phi) is 3.66. The molecule has 1 heterocycles. The summed E-state index contributed by atoms with van der Waals surface area (Å²) in [7, 11) is 1.62. The van der Waals surface area contributed by atoms with Crippen LogP contribution < -0.4 is 15.8 Å². The third-order valence-corrected chi connectivity index (χ3v) is 2.78. The molecule has 2 rings (SSSR count). The maximum absolute atomic E-state index is 5.68. The number of methoxy groups -OCH3 is 1. The van der Waals surface area contributed by atoms with Crippen LogP contribution in [0, 0.1) is 6.92 Å². The molecule has 5 nitrogen and oxygen atoms in total. The van der Waals surface area contributed by atoms with Gasteiger partial charge < -0.3 is 15.8 Å². The van der Waals surface area contributed by atoms with Gasteiger partial charge in [-0.2, -0.15) is 0 Å². The number of nitrogens with two attached hydrogens (primary N) is 1. The highest BCUT2D eigenvalue weighted by molar-refractivity contribution is 9.10. The number of aryl methyl sites for hydroxylation is 1. The fraction of sp³-hybridized carbons (Fsp3) is 0.167. The number of hydrogen-bond acceptors (Lipinski definition) is 5. The summed E-state index contributed by atoms with van der Waals surface area (Å²) in [5.74, 6) is 2.41. The van der Waals surface area contributed by atoms with E-state index in [1.54, 1.807) is 20.1 Å². The van der Waals surface area contributed by atoms with Crippen LogP contribution in [0.15, 0.2) is 28.7 Å². The number of rotatable bonds is 3. The van der Waals surface area contributed by atoms with E-state index in [0.29, 0.717) is 17.5 Å². The van der Waals surface area contributed by atoms with Crippen molar-refractivity contribution in [1.82, 2.24) is 9.97 Å². The van der Waals surface area contributed by atoms with Gasteiger partial charge in [0, 0.05) is 10.5 Å². The van der Waals surface area contributed by atoms with E-state index in [2.05, 4.69) is 31.2 Å². The van der Waals surface area contributed by atoms with Crippen molar-refractivity contribution in [3.63, 3.8) is 0 Å². The van der Waals surface area contributed by atoms with Crippen molar-refractivity contribution in [3.8, 4) is 5.75 Å². The second-order valence-electron chi connectivity index (χ2n) is 3.69. The zero-order chi connectivity index (χ0) is 13.1. The van der Waals surface area contributed by atoms with Gasteiger partial charge in [-0.15, -0.1) is 0 Å². The Morgan fingerprint density at radius 2 is 2.06 bits per heavy atom. The maximum Gasteiger partial charge on any atom is 0.142 e. The molecule has 6 heteroatoms. The lowest BCUT2D eigenvalue weighted by Crippen LogP contribution is -2.01. The van der Waals surface area contributed by atoms with Gasteiger partial charge in [0.1, 0.15) is 23.2 Å². The Morgan fingerprint density at radius 3 is 2.72 bits per heavy atom. The predicted octanol–water partition coefficient (Wildman–Crippen LogP) is 2.88. The van der Waals surface area contributed by atoms with Crippen LogP contribution in [0.25, 0.3) is 0 Å².